The molecular formula is C49H76N10O13. The molecular weight excluding hydrogens is 937 g/mol. The number of aliphatic imine (C=N–C) groups is 1. The van der Waals surface area contributed by atoms with Gasteiger partial charge >= 0.3 is 17.9 Å². The van der Waals surface area contributed by atoms with Crippen molar-refractivity contribution in [1.29, 1.82) is 0 Å². The number of benzene rings is 1. The molecule has 0 aliphatic rings. The van der Waals surface area contributed by atoms with E-state index >= 15 is 0 Å². The summed E-state index contributed by atoms with van der Waals surface area (Å²) in [5.74, 6) is -10.5. The number of nitrogens with zero attached hydrogens (tertiary/aromatic N) is 2. The number of carbonyl (C=O) groups excluding carboxylic acids is 7. The molecule has 0 aliphatic carbocycles. The molecule has 13 N–H and O–H groups in total. The normalized spacial score (nSPS) is 15.2. The van der Waals surface area contributed by atoms with Gasteiger partial charge in [0.05, 0.1) is 37.6 Å². The molecule has 0 spiro atoms. The van der Waals surface area contributed by atoms with E-state index in [0.717, 1.165) is 24.6 Å². The van der Waals surface area contributed by atoms with Gasteiger partial charge in [0, 0.05) is 33.0 Å². The van der Waals surface area contributed by atoms with Gasteiger partial charge in [0.15, 0.2) is 5.96 Å². The first-order chi connectivity index (χ1) is 33.7. The molecule has 6 amide bonds. The summed E-state index contributed by atoms with van der Waals surface area (Å²) in [5.41, 5.74) is 18.3. The molecule has 0 fully saturated rings. The van der Waals surface area contributed by atoms with Crippen molar-refractivity contribution in [3.05, 3.63) is 72.0 Å². The number of amides is 6. The quantitative estimate of drug-likeness (QED) is 0.0116. The van der Waals surface area contributed by atoms with E-state index < -0.39 is 120 Å². The van der Waals surface area contributed by atoms with Gasteiger partial charge in [0.25, 0.3) is 5.91 Å². The lowest BCUT2D eigenvalue weighted by molar-refractivity contribution is -0.144. The molecule has 23 heteroatoms. The number of ether oxygens (including phenoxy) is 2. The van der Waals surface area contributed by atoms with Crippen LogP contribution in [-0.2, 0) is 59.0 Å². The lowest BCUT2D eigenvalue weighted by atomic mass is 9.94. The number of allylic oxidation sites excluding steroid dienone is 2. The van der Waals surface area contributed by atoms with Gasteiger partial charge in [-0.15, -0.1) is 0 Å². The third-order valence-electron chi connectivity index (χ3n) is 11.4. The second-order valence-electron chi connectivity index (χ2n) is 17.9. The van der Waals surface area contributed by atoms with Gasteiger partial charge < -0.3 is 68.4 Å². The number of esters is 1. The molecule has 1 rings (SSSR count). The van der Waals surface area contributed by atoms with E-state index in [1.807, 2.05) is 57.2 Å². The average molecular weight is 1010 g/mol. The molecule has 0 saturated heterocycles. The van der Waals surface area contributed by atoms with Gasteiger partial charge in [-0.2, -0.15) is 0 Å². The number of carboxylic acids is 2. The first-order valence-corrected chi connectivity index (χ1v) is 23.5. The second kappa shape index (κ2) is 32.0. The maximum atomic E-state index is 14.5. The topological polar surface area (TPSA) is 366 Å². The van der Waals surface area contributed by atoms with Crippen LogP contribution in [0.25, 0.3) is 0 Å². The number of rotatable bonds is 32. The molecule has 0 saturated carbocycles. The van der Waals surface area contributed by atoms with Crippen LogP contribution < -0.4 is 43.8 Å². The third-order valence-corrected chi connectivity index (χ3v) is 11.4. The Hall–Kier alpha value is -7.14. The second-order valence-corrected chi connectivity index (χ2v) is 17.9. The number of methoxy groups -OCH3 is 2. The molecule has 1 aromatic carbocycles. The Labute approximate surface area is 421 Å². The fourth-order valence-corrected chi connectivity index (χ4v) is 7.02. The summed E-state index contributed by atoms with van der Waals surface area (Å²) >= 11 is 0. The first kappa shape index (κ1) is 62.9. The van der Waals surface area contributed by atoms with E-state index in [1.54, 1.807) is 20.1 Å². The Morgan fingerprint density at radius 1 is 0.819 bits per heavy atom. The van der Waals surface area contributed by atoms with Crippen LogP contribution in [0.5, 0.6) is 0 Å². The number of carbonyl (C=O) groups is 9. The fraction of sp³-hybridized carbons (Fsp3) is 0.551. The zero-order valence-corrected chi connectivity index (χ0v) is 42.8. The Kier molecular flexibility index (Phi) is 27.9. The van der Waals surface area contributed by atoms with Crippen molar-refractivity contribution in [1.82, 2.24) is 31.5 Å². The van der Waals surface area contributed by atoms with Crippen LogP contribution in [0.4, 0.5) is 0 Å². The highest BCUT2D eigenvalue weighted by atomic mass is 16.5. The Bertz CT molecular complexity index is 2130. The minimum Gasteiger partial charge on any atom is -0.481 e. The number of carboxylic acid groups (broad SMARTS) is 2. The van der Waals surface area contributed by atoms with Crippen LogP contribution in [-0.4, -0.2) is 145 Å². The van der Waals surface area contributed by atoms with Crippen molar-refractivity contribution >= 4 is 59.3 Å². The Morgan fingerprint density at radius 2 is 1.42 bits per heavy atom. The number of hydrogen-bond donors (Lipinski definition) is 10. The molecule has 0 heterocycles. The van der Waals surface area contributed by atoms with Crippen LogP contribution in [0.15, 0.2) is 71.4 Å². The lowest BCUT2D eigenvalue weighted by Crippen LogP contribution is -2.58. The molecule has 0 radical (unpaired) electrons. The maximum Gasteiger partial charge on any atom is 0.325 e. The van der Waals surface area contributed by atoms with Crippen molar-refractivity contribution in [3.8, 4) is 0 Å². The highest BCUT2D eigenvalue weighted by molar-refractivity contribution is 6.00. The van der Waals surface area contributed by atoms with Crippen LogP contribution in [0.2, 0.25) is 0 Å². The fourth-order valence-electron chi connectivity index (χ4n) is 7.02. The standard InChI is InChI=1S/C49H76N10O13/c1-27(2)23-34(50)44(65)58-38(26-41(62)72-10)46(67)56-36(17-14-22-53-49(51)52)45(66)55-35(19-18-28(3)24-29(4)39(71-9)25-33-15-12-11-13-16-33)30(5)42(63)57-37(20-21-40(60)61)47(68)59(8)32(7)43(64)54-31(6)48(69)70/h11-13,15-16,18-19,24,27,29-31,34-39H,7,14,17,20-23,25-26,50H2,1-6,8-10H3,(H,54,64)(H,55,66)(H,56,67)(H,57,63)(H,58,65)(H,60,61)(H,69,70)(H4,51,52,53)/t29-,30-,31-,34-,35+,36-,37+,38+,39-/m0/s1. The number of hydrogen-bond acceptors (Lipinski definition) is 13. The van der Waals surface area contributed by atoms with Crippen molar-refractivity contribution in [3.63, 3.8) is 0 Å². The van der Waals surface area contributed by atoms with Gasteiger partial charge in [0.2, 0.25) is 29.5 Å². The molecule has 72 heavy (non-hydrogen) atoms. The van der Waals surface area contributed by atoms with E-state index in [2.05, 4.69) is 38.2 Å². The SMILES string of the molecule is C=C(C(=O)N[C@@H](C)C(=O)O)N(C)C(=O)[C@@H](CCC(=O)O)NC(=O)[C@@H](C)[C@@H](C=CC(C)=C[C@H](C)[C@H](Cc1ccccc1)OC)NC(=O)[C@H](CCCN=C(N)N)NC(=O)[C@@H](CC(=O)OC)NC(=O)[C@@H](N)CC(C)C. The van der Waals surface area contributed by atoms with Crippen molar-refractivity contribution in [2.24, 2.45) is 39.9 Å². The largest absolute Gasteiger partial charge is 0.481 e. The van der Waals surface area contributed by atoms with E-state index in [9.17, 15) is 53.4 Å². The molecule has 400 valence electrons. The van der Waals surface area contributed by atoms with E-state index in [0.29, 0.717) is 12.0 Å². The van der Waals surface area contributed by atoms with Crippen LogP contribution in [0.1, 0.15) is 85.6 Å². The summed E-state index contributed by atoms with van der Waals surface area (Å²) in [4.78, 5) is 123. The number of guanidine groups is 1. The minimum absolute atomic E-state index is 0.0135. The summed E-state index contributed by atoms with van der Waals surface area (Å²) in [5, 5.41) is 31.3. The average Bonchev–Trinajstić information content (AvgIpc) is 3.32. The highest BCUT2D eigenvalue weighted by Crippen LogP contribution is 2.19. The zero-order chi connectivity index (χ0) is 54.8. The van der Waals surface area contributed by atoms with Crippen molar-refractivity contribution in [2.75, 3.05) is 27.8 Å². The summed E-state index contributed by atoms with van der Waals surface area (Å²) in [6.07, 6.45) is 4.07. The van der Waals surface area contributed by atoms with Gasteiger partial charge in [-0.3, -0.25) is 48.1 Å². The van der Waals surface area contributed by atoms with Gasteiger partial charge in [-0.25, -0.2) is 0 Å². The van der Waals surface area contributed by atoms with Crippen LogP contribution >= 0.6 is 0 Å². The number of aliphatic carboxylic acids is 2. The first-order valence-electron chi connectivity index (χ1n) is 23.5. The predicted octanol–water partition coefficient (Wildman–Crippen LogP) is 0.374. The molecule has 9 atom stereocenters. The molecule has 0 aliphatic heterocycles. The van der Waals surface area contributed by atoms with E-state index in [4.69, 9.17) is 26.7 Å². The predicted molar refractivity (Wildman–Crippen MR) is 268 cm³/mol. The molecule has 23 nitrogen and oxygen atoms in total. The van der Waals surface area contributed by atoms with Gasteiger partial charge in [-0.1, -0.05) is 88.4 Å². The molecule has 0 aromatic heterocycles. The summed E-state index contributed by atoms with van der Waals surface area (Å²) in [7, 11) is 3.83. The van der Waals surface area contributed by atoms with Gasteiger partial charge in [0.1, 0.15) is 29.9 Å². The number of nitrogens with two attached hydrogens (primary N) is 3. The zero-order valence-electron chi connectivity index (χ0n) is 42.8. The summed E-state index contributed by atoms with van der Waals surface area (Å²) < 4.78 is 10.6. The number of nitrogens with one attached hydrogen (secondary N) is 5. The minimum atomic E-state index is -1.57. The monoisotopic (exact) mass is 1010 g/mol. The molecule has 1 aromatic rings. The van der Waals surface area contributed by atoms with E-state index in [-0.39, 0.29) is 49.7 Å². The number of likely N-dealkylation sites (N-methyl/N-ethyl adjacent to an activating group) is 1. The highest BCUT2D eigenvalue weighted by Gasteiger charge is 2.35. The Morgan fingerprint density at radius 3 is 1.97 bits per heavy atom. The lowest BCUT2D eigenvalue weighted by Gasteiger charge is -2.29. The summed E-state index contributed by atoms with van der Waals surface area (Å²) in [6, 6.07) is 1.60. The Balaban J connectivity index is 3.81. The van der Waals surface area contributed by atoms with Crippen LogP contribution in [0, 0.1) is 17.8 Å². The maximum absolute atomic E-state index is 14.5. The third kappa shape index (κ3) is 23.2. The molecule has 0 bridgehead atoms. The molecule has 0 unspecified atom stereocenters. The van der Waals surface area contributed by atoms with Crippen molar-refractivity contribution < 1.29 is 62.8 Å². The van der Waals surface area contributed by atoms with Crippen LogP contribution in [0.3, 0.4) is 0 Å². The van der Waals surface area contributed by atoms with E-state index in [1.165, 1.54) is 19.9 Å². The van der Waals surface area contributed by atoms with Gasteiger partial charge in [-0.05, 0) is 57.4 Å². The smallest absolute Gasteiger partial charge is 0.325 e. The van der Waals surface area contributed by atoms with Crippen molar-refractivity contribution in [2.45, 2.75) is 129 Å². The summed E-state index contributed by atoms with van der Waals surface area (Å²) in [6.45, 7) is 13.6.